The van der Waals surface area contributed by atoms with Crippen LogP contribution in [0.3, 0.4) is 0 Å². The molecule has 1 aliphatic rings. The molecule has 0 spiro atoms. The second-order valence-electron chi connectivity index (χ2n) is 4.28. The maximum absolute atomic E-state index is 12.1. The molecule has 18 heavy (non-hydrogen) atoms. The van der Waals surface area contributed by atoms with Gasteiger partial charge in [0.05, 0.1) is 12.8 Å². The molecule has 5 nitrogen and oxygen atoms in total. The lowest BCUT2D eigenvalue weighted by Gasteiger charge is -2.30. The van der Waals surface area contributed by atoms with Gasteiger partial charge >= 0.3 is 0 Å². The van der Waals surface area contributed by atoms with Crippen molar-refractivity contribution in [2.75, 3.05) is 49.4 Å². The normalized spacial score (nSPS) is 18.4. The zero-order valence-corrected chi connectivity index (χ0v) is 11.6. The van der Waals surface area contributed by atoms with E-state index >= 15 is 0 Å². The molecule has 0 bridgehead atoms. The molecule has 1 heterocycles. The summed E-state index contributed by atoms with van der Waals surface area (Å²) in [5.41, 5.74) is 7.47. The van der Waals surface area contributed by atoms with Crippen molar-refractivity contribution in [2.45, 2.75) is 0 Å². The van der Waals surface area contributed by atoms with Gasteiger partial charge in [-0.15, -0.1) is 0 Å². The van der Waals surface area contributed by atoms with Gasteiger partial charge in [0.25, 0.3) is 0 Å². The van der Waals surface area contributed by atoms with Crippen LogP contribution in [0.25, 0.3) is 0 Å². The van der Waals surface area contributed by atoms with Gasteiger partial charge in [-0.3, -0.25) is 0 Å². The summed E-state index contributed by atoms with van der Waals surface area (Å²) in [4.78, 5) is 2.19. The first-order valence-electron chi connectivity index (χ1n) is 5.87. The number of benzene rings is 1. The van der Waals surface area contributed by atoms with Gasteiger partial charge in [0, 0.05) is 53.1 Å². The Morgan fingerprint density at radius 3 is 2.61 bits per heavy atom. The highest BCUT2D eigenvalue weighted by molar-refractivity contribution is 7.93. The molecule has 1 aliphatic heterocycles. The van der Waals surface area contributed by atoms with Gasteiger partial charge in [-0.05, 0) is 12.1 Å². The van der Waals surface area contributed by atoms with E-state index in [2.05, 4.69) is 9.26 Å². The molecule has 0 atom stereocenters. The van der Waals surface area contributed by atoms with E-state index < -0.39 is 9.73 Å². The van der Waals surface area contributed by atoms with E-state index in [0.717, 1.165) is 18.8 Å². The Kier molecular flexibility index (Phi) is 3.65. The zero-order chi connectivity index (χ0) is 13.2. The van der Waals surface area contributed by atoms with Crippen LogP contribution in [0.2, 0.25) is 0 Å². The van der Waals surface area contributed by atoms with Crippen molar-refractivity contribution < 1.29 is 8.95 Å². The number of anilines is 2. The topological polar surface area (TPSA) is 67.9 Å². The first-order chi connectivity index (χ1) is 8.58. The molecule has 100 valence electrons. The summed E-state index contributed by atoms with van der Waals surface area (Å²) in [7, 11) is 1.28. The fraction of sp³-hybridized carbons (Fsp3) is 0.500. The summed E-state index contributed by atoms with van der Waals surface area (Å²) < 4.78 is 21.3. The van der Waals surface area contributed by atoms with Crippen LogP contribution in [-0.4, -0.2) is 43.0 Å². The minimum absolute atomic E-state index is 0.621. The molecule has 2 N–H and O–H groups in total. The van der Waals surface area contributed by atoms with Crippen molar-refractivity contribution in [1.29, 1.82) is 0 Å². The summed E-state index contributed by atoms with van der Waals surface area (Å²) in [6.07, 6.45) is 0. The van der Waals surface area contributed by atoms with Crippen LogP contribution >= 0.6 is 0 Å². The van der Waals surface area contributed by atoms with E-state index in [1.54, 1.807) is 14.2 Å². The average Bonchev–Trinajstić information content (AvgIpc) is 2.40. The molecule has 0 amide bonds. The third-order valence-corrected chi connectivity index (χ3v) is 5.58. The minimum atomic E-state index is -1.97. The van der Waals surface area contributed by atoms with Gasteiger partial charge in [-0.1, -0.05) is 0 Å². The van der Waals surface area contributed by atoms with E-state index in [9.17, 15) is 4.21 Å². The Balaban J connectivity index is 2.17. The summed E-state index contributed by atoms with van der Waals surface area (Å²) in [5.74, 6) is 1.92. The third kappa shape index (κ3) is 2.53. The number of hydrogen-bond acceptors (Lipinski definition) is 5. The molecule has 1 aromatic carbocycles. The first-order valence-corrected chi connectivity index (χ1v) is 7.72. The van der Waals surface area contributed by atoms with E-state index in [1.165, 1.54) is 0 Å². The number of methoxy groups -OCH3 is 1. The summed E-state index contributed by atoms with van der Waals surface area (Å²) in [6, 6.07) is 5.73. The van der Waals surface area contributed by atoms with E-state index in [-0.39, 0.29) is 0 Å². The Bertz CT molecular complexity index is 536. The van der Waals surface area contributed by atoms with Crippen molar-refractivity contribution in [3.8, 4) is 5.75 Å². The van der Waals surface area contributed by atoms with Crippen LogP contribution < -0.4 is 15.4 Å². The molecule has 6 heteroatoms. The lowest BCUT2D eigenvalue weighted by molar-refractivity contribution is 0.417. The molecule has 0 aromatic heterocycles. The standard InChI is InChI=1S/C12H19N3O2S/c1-14-18(16)7-5-15(6-8-18)10-3-4-11(13)12(9-10)17-2/h3-4,9H,5-8,13H2,1-2H3. The van der Waals surface area contributed by atoms with Gasteiger partial charge in [0.2, 0.25) is 0 Å². The van der Waals surface area contributed by atoms with Crippen LogP contribution in [0.1, 0.15) is 0 Å². The Labute approximate surface area is 108 Å². The highest BCUT2D eigenvalue weighted by Gasteiger charge is 2.20. The zero-order valence-electron chi connectivity index (χ0n) is 10.8. The number of hydrogen-bond donors (Lipinski definition) is 1. The van der Waals surface area contributed by atoms with Crippen molar-refractivity contribution in [3.63, 3.8) is 0 Å². The molecule has 1 aromatic rings. The summed E-state index contributed by atoms with van der Waals surface area (Å²) >= 11 is 0. The molecule has 0 saturated carbocycles. The Morgan fingerprint density at radius 1 is 1.39 bits per heavy atom. The fourth-order valence-electron chi connectivity index (χ4n) is 2.06. The predicted molar refractivity (Wildman–Crippen MR) is 75.8 cm³/mol. The van der Waals surface area contributed by atoms with Crippen LogP contribution in [0.5, 0.6) is 5.75 Å². The number of nitrogen functional groups attached to an aromatic ring is 1. The van der Waals surface area contributed by atoms with E-state index in [0.29, 0.717) is 22.9 Å². The van der Waals surface area contributed by atoms with Crippen molar-refractivity contribution >= 4 is 21.1 Å². The maximum atomic E-state index is 12.1. The lowest BCUT2D eigenvalue weighted by atomic mass is 10.2. The SMILES string of the molecule is CN=S1(=O)CCN(c2ccc(N)c(OC)c2)CC1. The van der Waals surface area contributed by atoms with Crippen LogP contribution in [0, 0.1) is 0 Å². The molecular formula is C12H19N3O2S. The van der Waals surface area contributed by atoms with Crippen LogP contribution in [0.15, 0.2) is 22.6 Å². The third-order valence-electron chi connectivity index (χ3n) is 3.28. The second kappa shape index (κ2) is 5.06. The van der Waals surface area contributed by atoms with E-state index in [4.69, 9.17) is 10.5 Å². The summed E-state index contributed by atoms with van der Waals surface area (Å²) in [5, 5.41) is 0. The van der Waals surface area contributed by atoms with Crippen molar-refractivity contribution in [3.05, 3.63) is 18.2 Å². The van der Waals surface area contributed by atoms with Gasteiger partial charge < -0.3 is 15.4 Å². The van der Waals surface area contributed by atoms with Crippen molar-refractivity contribution in [1.82, 2.24) is 0 Å². The monoisotopic (exact) mass is 269 g/mol. The molecule has 0 radical (unpaired) electrons. The molecule has 0 aliphatic carbocycles. The number of ether oxygens (including phenoxy) is 1. The van der Waals surface area contributed by atoms with Gasteiger partial charge in [0.1, 0.15) is 5.75 Å². The number of nitrogens with two attached hydrogens (primary N) is 1. The van der Waals surface area contributed by atoms with Crippen LogP contribution in [-0.2, 0) is 9.73 Å². The van der Waals surface area contributed by atoms with Gasteiger partial charge in [-0.2, -0.15) is 0 Å². The largest absolute Gasteiger partial charge is 0.495 e. The van der Waals surface area contributed by atoms with Crippen molar-refractivity contribution in [2.24, 2.45) is 4.36 Å². The quantitative estimate of drug-likeness (QED) is 0.819. The van der Waals surface area contributed by atoms with Gasteiger partial charge in [0.15, 0.2) is 0 Å². The maximum Gasteiger partial charge on any atom is 0.143 e. The molecule has 0 unspecified atom stereocenters. The summed E-state index contributed by atoms with van der Waals surface area (Å²) in [6.45, 7) is 1.51. The number of rotatable bonds is 2. The van der Waals surface area contributed by atoms with Crippen LogP contribution in [0.4, 0.5) is 11.4 Å². The highest BCUT2D eigenvalue weighted by Crippen LogP contribution is 2.28. The fourth-order valence-corrected chi connectivity index (χ4v) is 3.64. The Morgan fingerprint density at radius 2 is 2.06 bits per heavy atom. The predicted octanol–water partition coefficient (Wildman–Crippen LogP) is 1.20. The highest BCUT2D eigenvalue weighted by atomic mass is 32.2. The molecule has 2 rings (SSSR count). The molecule has 1 saturated heterocycles. The minimum Gasteiger partial charge on any atom is -0.495 e. The first kappa shape index (κ1) is 13.0. The smallest absolute Gasteiger partial charge is 0.143 e. The van der Waals surface area contributed by atoms with Gasteiger partial charge in [-0.25, -0.2) is 8.57 Å². The molecule has 1 fully saturated rings. The lowest BCUT2D eigenvalue weighted by Crippen LogP contribution is -2.40. The molecular weight excluding hydrogens is 250 g/mol. The number of nitrogens with zero attached hydrogens (tertiary/aromatic N) is 2. The average molecular weight is 269 g/mol. The second-order valence-corrected chi connectivity index (χ2v) is 7.00. The Hall–Kier alpha value is -1.43. The van der Waals surface area contributed by atoms with E-state index in [1.807, 2.05) is 18.2 Å².